The minimum absolute atomic E-state index is 0.300. The first-order valence-electron chi connectivity index (χ1n) is 9.92. The molecule has 3 unspecified atom stereocenters. The number of benzene rings is 1. The lowest BCUT2D eigenvalue weighted by Gasteiger charge is -2.34. The highest BCUT2D eigenvalue weighted by Gasteiger charge is 2.27. The van der Waals surface area contributed by atoms with Crippen LogP contribution in [0.3, 0.4) is 0 Å². The first kappa shape index (κ1) is 17.9. The maximum absolute atomic E-state index is 6.33. The number of rotatable bonds is 5. The van der Waals surface area contributed by atoms with Gasteiger partial charge in [0.25, 0.3) is 0 Å². The van der Waals surface area contributed by atoms with Gasteiger partial charge in [0, 0.05) is 24.2 Å². The molecule has 3 atom stereocenters. The van der Waals surface area contributed by atoms with E-state index in [-0.39, 0.29) is 0 Å². The quantitative estimate of drug-likeness (QED) is 0.795. The van der Waals surface area contributed by atoms with Gasteiger partial charge in [-0.25, -0.2) is 0 Å². The maximum Gasteiger partial charge on any atom is 0.126 e. The normalized spacial score (nSPS) is 25.5. The van der Waals surface area contributed by atoms with Crippen LogP contribution in [0, 0.1) is 5.92 Å². The predicted molar refractivity (Wildman–Crippen MR) is 111 cm³/mol. The van der Waals surface area contributed by atoms with Crippen molar-refractivity contribution >= 4 is 0 Å². The fraction of sp³-hybridized carbons (Fsp3) is 0.333. The molecule has 3 heteroatoms. The number of hydrogen-bond acceptors (Lipinski definition) is 3. The van der Waals surface area contributed by atoms with Gasteiger partial charge in [-0.2, -0.15) is 0 Å². The second kappa shape index (κ2) is 8.01. The summed E-state index contributed by atoms with van der Waals surface area (Å²) in [6.45, 7) is 2.27. The highest BCUT2D eigenvalue weighted by atomic mass is 16.5. The van der Waals surface area contributed by atoms with E-state index in [0.29, 0.717) is 18.0 Å². The third-order valence-corrected chi connectivity index (χ3v) is 5.65. The van der Waals surface area contributed by atoms with Gasteiger partial charge in [-0.05, 0) is 61.5 Å². The van der Waals surface area contributed by atoms with E-state index in [1.807, 2.05) is 30.3 Å². The lowest BCUT2D eigenvalue weighted by molar-refractivity contribution is 0.334. The van der Waals surface area contributed by atoms with E-state index in [0.717, 1.165) is 42.9 Å². The van der Waals surface area contributed by atoms with Crippen LogP contribution in [0.15, 0.2) is 89.4 Å². The van der Waals surface area contributed by atoms with Gasteiger partial charge in [-0.1, -0.05) is 48.6 Å². The molecule has 1 aromatic carbocycles. The van der Waals surface area contributed by atoms with Crippen molar-refractivity contribution < 1.29 is 4.74 Å². The van der Waals surface area contributed by atoms with Crippen LogP contribution in [0.4, 0.5) is 0 Å². The lowest BCUT2D eigenvalue weighted by atomic mass is 9.83. The molecule has 140 valence electrons. The second-order valence-corrected chi connectivity index (χ2v) is 7.58. The Bertz CT molecular complexity index is 829. The summed E-state index contributed by atoms with van der Waals surface area (Å²) in [6, 6.07) is 10.6. The van der Waals surface area contributed by atoms with Crippen LogP contribution in [-0.4, -0.2) is 12.1 Å². The molecule has 0 spiro atoms. The first-order valence-corrected chi connectivity index (χ1v) is 9.92. The Hall–Kier alpha value is -2.52. The van der Waals surface area contributed by atoms with Gasteiger partial charge in [0.05, 0.1) is 0 Å². The van der Waals surface area contributed by atoms with Crippen molar-refractivity contribution in [2.24, 2.45) is 11.7 Å². The van der Waals surface area contributed by atoms with Crippen molar-refractivity contribution in [3.05, 3.63) is 89.4 Å². The summed E-state index contributed by atoms with van der Waals surface area (Å²) >= 11 is 0. The molecule has 0 aliphatic heterocycles. The van der Waals surface area contributed by atoms with Gasteiger partial charge in [0.15, 0.2) is 0 Å². The maximum atomic E-state index is 6.33. The molecule has 4 rings (SSSR count). The average molecular weight is 361 g/mol. The summed E-state index contributed by atoms with van der Waals surface area (Å²) in [5, 5.41) is 3.84. The largest absolute Gasteiger partial charge is 0.462 e. The second-order valence-electron chi connectivity index (χ2n) is 7.58. The Kier molecular flexibility index (Phi) is 5.30. The van der Waals surface area contributed by atoms with Gasteiger partial charge in [-0.3, -0.25) is 0 Å². The van der Waals surface area contributed by atoms with Crippen molar-refractivity contribution in [1.29, 1.82) is 0 Å². The third kappa shape index (κ3) is 4.09. The van der Waals surface area contributed by atoms with Crippen molar-refractivity contribution in [1.82, 2.24) is 5.32 Å². The number of hydrogen-bond donors (Lipinski definition) is 2. The van der Waals surface area contributed by atoms with Crippen LogP contribution in [0.5, 0.6) is 5.75 Å². The molecule has 27 heavy (non-hydrogen) atoms. The monoisotopic (exact) mass is 360 g/mol. The van der Waals surface area contributed by atoms with Crippen LogP contribution in [0.2, 0.25) is 0 Å². The van der Waals surface area contributed by atoms with Crippen LogP contribution in [-0.2, 0) is 0 Å². The van der Waals surface area contributed by atoms with Crippen molar-refractivity contribution in [3.8, 4) is 5.75 Å². The number of ether oxygens (including phenoxy) is 1. The van der Waals surface area contributed by atoms with E-state index < -0.39 is 0 Å². The van der Waals surface area contributed by atoms with Gasteiger partial charge in [0.2, 0.25) is 0 Å². The highest BCUT2D eigenvalue weighted by Crippen LogP contribution is 2.32. The van der Waals surface area contributed by atoms with Crippen LogP contribution >= 0.6 is 0 Å². The zero-order valence-corrected chi connectivity index (χ0v) is 15.9. The Morgan fingerprint density at radius 1 is 1.22 bits per heavy atom. The Morgan fingerprint density at radius 2 is 2.07 bits per heavy atom. The molecule has 0 saturated carbocycles. The zero-order valence-electron chi connectivity index (χ0n) is 15.9. The van der Waals surface area contributed by atoms with Gasteiger partial charge in [-0.15, -0.1) is 0 Å². The van der Waals surface area contributed by atoms with Gasteiger partial charge >= 0.3 is 0 Å². The predicted octanol–water partition coefficient (Wildman–Crippen LogP) is 4.77. The summed E-state index contributed by atoms with van der Waals surface area (Å²) in [4.78, 5) is 0. The van der Waals surface area contributed by atoms with Crippen LogP contribution in [0.25, 0.3) is 0 Å². The molecule has 1 aromatic rings. The van der Waals surface area contributed by atoms with Crippen LogP contribution < -0.4 is 15.8 Å². The molecule has 0 heterocycles. The fourth-order valence-corrected chi connectivity index (χ4v) is 4.20. The Labute approximate surface area is 162 Å². The van der Waals surface area contributed by atoms with Gasteiger partial charge in [0.1, 0.15) is 11.5 Å². The molecule has 0 aromatic heterocycles. The van der Waals surface area contributed by atoms with Crippen molar-refractivity contribution in [3.63, 3.8) is 0 Å². The topological polar surface area (TPSA) is 47.3 Å². The molecule has 0 bridgehead atoms. The molecule has 0 saturated heterocycles. The van der Waals surface area contributed by atoms with E-state index in [4.69, 9.17) is 10.5 Å². The summed E-state index contributed by atoms with van der Waals surface area (Å²) in [5.74, 6) is 2.31. The molecule has 0 fully saturated rings. The molecular weight excluding hydrogens is 332 g/mol. The summed E-state index contributed by atoms with van der Waals surface area (Å²) in [5.41, 5.74) is 10.00. The standard InChI is InChI=1S/C24H28N2O/c1-17(26-23-15-7-9-18-8-6-14-22(25)24(18)23)19-10-5-13-21(16-19)27-20-11-3-2-4-12-20/h2-5,7,9-14,17,19,23,26H,6,8,15-16,25H2,1H3. The van der Waals surface area contributed by atoms with E-state index in [9.17, 15) is 0 Å². The summed E-state index contributed by atoms with van der Waals surface area (Å²) in [6.07, 6.45) is 17.2. The molecule has 3 aliphatic carbocycles. The molecule has 0 amide bonds. The molecule has 0 radical (unpaired) electrons. The van der Waals surface area contributed by atoms with E-state index in [2.05, 4.69) is 48.7 Å². The number of allylic oxidation sites excluding steroid dienone is 6. The molecule has 3 nitrogen and oxygen atoms in total. The number of para-hydroxylation sites is 1. The van der Waals surface area contributed by atoms with Crippen molar-refractivity contribution in [2.75, 3.05) is 0 Å². The fourth-order valence-electron chi connectivity index (χ4n) is 4.20. The summed E-state index contributed by atoms with van der Waals surface area (Å²) < 4.78 is 6.06. The Balaban J connectivity index is 1.40. The van der Waals surface area contributed by atoms with Crippen molar-refractivity contribution in [2.45, 2.75) is 44.7 Å². The van der Waals surface area contributed by atoms with E-state index in [1.54, 1.807) is 0 Å². The molecule has 3 N–H and O–H groups in total. The first-order chi connectivity index (χ1) is 13.2. The Morgan fingerprint density at radius 3 is 2.93 bits per heavy atom. The number of nitrogens with one attached hydrogen (secondary N) is 1. The summed E-state index contributed by atoms with van der Waals surface area (Å²) in [7, 11) is 0. The smallest absolute Gasteiger partial charge is 0.126 e. The van der Waals surface area contributed by atoms with Gasteiger partial charge < -0.3 is 15.8 Å². The van der Waals surface area contributed by atoms with E-state index in [1.165, 1.54) is 11.1 Å². The SMILES string of the molecule is CC(NC1CC=CC2=C1C(N)=CCC2)C1C=CC=C(Oc2ccccc2)C1. The minimum Gasteiger partial charge on any atom is -0.462 e. The highest BCUT2D eigenvalue weighted by molar-refractivity contribution is 5.47. The van der Waals surface area contributed by atoms with Crippen LogP contribution in [0.1, 0.15) is 32.6 Å². The molecular formula is C24H28N2O. The average Bonchev–Trinajstić information content (AvgIpc) is 2.69. The zero-order chi connectivity index (χ0) is 18.6. The number of nitrogens with two attached hydrogens (primary N) is 1. The minimum atomic E-state index is 0.300. The third-order valence-electron chi connectivity index (χ3n) is 5.65. The van der Waals surface area contributed by atoms with E-state index >= 15 is 0 Å². The lowest BCUT2D eigenvalue weighted by Crippen LogP contribution is -2.44. The molecule has 3 aliphatic rings.